The third-order valence-corrected chi connectivity index (χ3v) is 10.3. The third kappa shape index (κ3) is 7.71. The predicted molar refractivity (Wildman–Crippen MR) is 206 cm³/mol. The fraction of sp³-hybridized carbons (Fsp3) is 0.231. The molecule has 0 radical (unpaired) electrons. The van der Waals surface area contributed by atoms with Gasteiger partial charge < -0.3 is 23.7 Å². The Morgan fingerprint density at radius 1 is 0.942 bits per heavy atom. The van der Waals surface area contributed by atoms with E-state index in [0.29, 0.717) is 61.1 Å². The topological polar surface area (TPSA) is 115 Å². The minimum atomic E-state index is -0.900. The number of thiazole rings is 1. The molecule has 10 nitrogen and oxygen atoms in total. The van der Waals surface area contributed by atoms with Crippen LogP contribution in [0.1, 0.15) is 43.5 Å². The summed E-state index contributed by atoms with van der Waals surface area (Å²) in [6.45, 7) is 5.66. The second-order valence-electron chi connectivity index (χ2n) is 11.5. The zero-order valence-corrected chi connectivity index (χ0v) is 32.7. The van der Waals surface area contributed by atoms with E-state index in [-0.39, 0.29) is 24.3 Å². The number of carbonyl (C=O) groups is 2. The molecule has 0 saturated carbocycles. The first-order valence-corrected chi connectivity index (χ1v) is 18.8. The van der Waals surface area contributed by atoms with Crippen molar-refractivity contribution in [1.82, 2.24) is 4.57 Å². The normalized spacial score (nSPS) is 14.1. The summed E-state index contributed by atoms with van der Waals surface area (Å²) in [5.74, 6) is 0.0493. The number of fused-ring (bicyclic) bond motifs is 2. The Morgan fingerprint density at radius 3 is 2.50 bits per heavy atom. The summed E-state index contributed by atoms with van der Waals surface area (Å²) in [5, 5.41) is 2.21. The highest BCUT2D eigenvalue weighted by molar-refractivity contribution is 9.11. The average molecular weight is 851 g/mol. The van der Waals surface area contributed by atoms with Gasteiger partial charge in [-0.3, -0.25) is 9.36 Å². The Kier molecular flexibility index (Phi) is 11.6. The molecule has 2 heterocycles. The quantitative estimate of drug-likeness (QED) is 0.123. The number of hydrogen-bond donors (Lipinski definition) is 0. The molecule has 268 valence electrons. The lowest BCUT2D eigenvalue weighted by atomic mass is 9.95. The van der Waals surface area contributed by atoms with Gasteiger partial charge in [0.05, 0.1) is 46.6 Å². The number of rotatable bonds is 12. The Morgan fingerprint density at radius 2 is 1.73 bits per heavy atom. The standard InChI is InChI=1S/C39H34Br2N2O8S/c1-5-48-31-17-24(14-15-30(31)50-21-33(44)47-4)35-34(38(46)49-6-2)22(3)42-39-43(35)37(45)32(52-39)18-26-16-27(40)19-29(41)36(26)51-20-25-12-9-11-23-10-7-8-13-28(23)25/h7-19,35H,5-6,20-21H2,1-4H3/b32-18+/t35-/m1/s1. The Labute approximate surface area is 320 Å². The van der Waals surface area contributed by atoms with Gasteiger partial charge in [0, 0.05) is 10.0 Å². The molecule has 13 heteroatoms. The Bertz CT molecular complexity index is 2400. The minimum absolute atomic E-state index is 0.135. The van der Waals surface area contributed by atoms with Crippen LogP contribution < -0.4 is 29.1 Å². The smallest absolute Gasteiger partial charge is 0.343 e. The van der Waals surface area contributed by atoms with Gasteiger partial charge in [-0.1, -0.05) is 75.8 Å². The molecule has 1 aliphatic heterocycles. The number of carbonyl (C=O) groups excluding carboxylic acids is 2. The van der Waals surface area contributed by atoms with Crippen LogP contribution in [0.2, 0.25) is 0 Å². The van der Waals surface area contributed by atoms with E-state index in [1.54, 1.807) is 38.1 Å². The number of halogens is 2. The molecule has 0 aliphatic carbocycles. The van der Waals surface area contributed by atoms with Crippen LogP contribution in [0.3, 0.4) is 0 Å². The second-order valence-corrected chi connectivity index (χ2v) is 14.3. The molecule has 1 aromatic heterocycles. The number of hydrogen-bond acceptors (Lipinski definition) is 10. The Hall–Kier alpha value is -4.72. The van der Waals surface area contributed by atoms with Gasteiger partial charge in [0.1, 0.15) is 12.4 Å². The SMILES string of the molecule is CCOC(=O)C1=C(C)N=c2s/c(=C/c3cc(Br)cc(Br)c3OCc3cccc4ccccc34)c(=O)n2[C@@H]1c1ccc(OCC(=O)OC)c(OCC)c1. The van der Waals surface area contributed by atoms with Gasteiger partial charge >= 0.3 is 11.9 Å². The maximum absolute atomic E-state index is 14.5. The summed E-state index contributed by atoms with van der Waals surface area (Å²) in [7, 11) is 1.27. The fourth-order valence-electron chi connectivity index (χ4n) is 5.93. The summed E-state index contributed by atoms with van der Waals surface area (Å²) < 4.78 is 31.5. The minimum Gasteiger partial charge on any atom is -0.490 e. The summed E-state index contributed by atoms with van der Waals surface area (Å²) in [6, 6.07) is 22.2. The second kappa shape index (κ2) is 16.3. The van der Waals surface area contributed by atoms with E-state index >= 15 is 0 Å². The fourth-order valence-corrected chi connectivity index (χ4v) is 8.34. The van der Waals surface area contributed by atoms with Crippen molar-refractivity contribution in [1.29, 1.82) is 0 Å². The van der Waals surface area contributed by atoms with E-state index < -0.39 is 18.0 Å². The lowest BCUT2D eigenvalue weighted by molar-refractivity contribution is -0.143. The summed E-state index contributed by atoms with van der Waals surface area (Å²) in [4.78, 5) is 44.9. The molecule has 6 rings (SSSR count). The van der Waals surface area contributed by atoms with Crippen molar-refractivity contribution in [3.8, 4) is 17.2 Å². The maximum Gasteiger partial charge on any atom is 0.343 e. The van der Waals surface area contributed by atoms with Crippen molar-refractivity contribution in [3.05, 3.63) is 129 Å². The molecule has 52 heavy (non-hydrogen) atoms. The lowest BCUT2D eigenvalue weighted by Crippen LogP contribution is -2.40. The predicted octanol–water partition coefficient (Wildman–Crippen LogP) is 7.01. The van der Waals surface area contributed by atoms with E-state index in [0.717, 1.165) is 20.8 Å². The zero-order valence-electron chi connectivity index (χ0n) is 28.7. The van der Waals surface area contributed by atoms with Gasteiger partial charge in [-0.15, -0.1) is 0 Å². The average Bonchev–Trinajstić information content (AvgIpc) is 3.43. The first-order valence-electron chi connectivity index (χ1n) is 16.4. The van der Waals surface area contributed by atoms with Gasteiger partial charge in [-0.2, -0.15) is 0 Å². The molecular formula is C39H34Br2N2O8S. The number of nitrogens with zero attached hydrogens (tertiary/aromatic N) is 2. The number of methoxy groups -OCH3 is 1. The first kappa shape index (κ1) is 37.1. The number of aromatic nitrogens is 1. The Balaban J connectivity index is 1.46. The molecule has 0 unspecified atom stereocenters. The van der Waals surface area contributed by atoms with Gasteiger partial charge in [0.2, 0.25) is 0 Å². The molecule has 1 atom stereocenters. The molecule has 0 spiro atoms. The van der Waals surface area contributed by atoms with E-state index in [2.05, 4.69) is 50.1 Å². The van der Waals surface area contributed by atoms with Crippen molar-refractivity contribution in [3.63, 3.8) is 0 Å². The van der Waals surface area contributed by atoms with Crippen LogP contribution >= 0.6 is 43.2 Å². The lowest BCUT2D eigenvalue weighted by Gasteiger charge is -2.25. The van der Waals surface area contributed by atoms with Crippen molar-refractivity contribution in [2.75, 3.05) is 26.9 Å². The zero-order chi connectivity index (χ0) is 36.9. The number of esters is 2. The molecule has 0 fully saturated rings. The van der Waals surface area contributed by atoms with Gasteiger partial charge in [-0.25, -0.2) is 14.6 Å². The molecule has 0 saturated heterocycles. The highest BCUT2D eigenvalue weighted by Gasteiger charge is 2.34. The molecular weight excluding hydrogens is 816 g/mol. The van der Waals surface area contributed by atoms with Crippen molar-refractivity contribution in [2.45, 2.75) is 33.4 Å². The number of benzene rings is 4. The van der Waals surface area contributed by atoms with Gasteiger partial charge in [-0.05, 0) is 88.9 Å². The number of ether oxygens (including phenoxy) is 5. The summed E-state index contributed by atoms with van der Waals surface area (Å²) in [6.07, 6.45) is 1.77. The van der Waals surface area contributed by atoms with E-state index in [1.807, 2.05) is 43.3 Å². The summed E-state index contributed by atoms with van der Waals surface area (Å²) >= 11 is 8.46. The number of allylic oxidation sites excluding steroid dienone is 1. The van der Waals surface area contributed by atoms with Crippen LogP contribution in [0.25, 0.3) is 16.8 Å². The van der Waals surface area contributed by atoms with E-state index in [1.165, 1.54) is 23.0 Å². The van der Waals surface area contributed by atoms with Crippen LogP contribution in [0.15, 0.2) is 103 Å². The third-order valence-electron chi connectivity index (χ3n) is 8.25. The van der Waals surface area contributed by atoms with Crippen LogP contribution in [-0.4, -0.2) is 43.4 Å². The van der Waals surface area contributed by atoms with Crippen LogP contribution in [0.4, 0.5) is 0 Å². The van der Waals surface area contributed by atoms with E-state index in [9.17, 15) is 14.4 Å². The van der Waals surface area contributed by atoms with Gasteiger partial charge in [0.25, 0.3) is 5.56 Å². The van der Waals surface area contributed by atoms with Gasteiger partial charge in [0.15, 0.2) is 22.9 Å². The molecule has 5 aromatic rings. The largest absolute Gasteiger partial charge is 0.490 e. The first-order chi connectivity index (χ1) is 25.1. The van der Waals surface area contributed by atoms with Crippen molar-refractivity contribution < 1.29 is 33.3 Å². The highest BCUT2D eigenvalue weighted by atomic mass is 79.9. The molecule has 1 aliphatic rings. The molecule has 0 N–H and O–H groups in total. The highest BCUT2D eigenvalue weighted by Crippen LogP contribution is 2.37. The molecule has 0 bridgehead atoms. The maximum atomic E-state index is 14.5. The molecule has 4 aromatic carbocycles. The molecule has 0 amide bonds. The van der Waals surface area contributed by atoms with Crippen molar-refractivity contribution >= 4 is 72.0 Å². The van der Waals surface area contributed by atoms with Crippen LogP contribution in [0, 0.1) is 0 Å². The van der Waals surface area contributed by atoms with Crippen LogP contribution in [0.5, 0.6) is 17.2 Å². The van der Waals surface area contributed by atoms with Crippen molar-refractivity contribution in [2.24, 2.45) is 4.99 Å². The summed E-state index contributed by atoms with van der Waals surface area (Å²) in [5.41, 5.74) is 2.52. The van der Waals surface area contributed by atoms with E-state index in [4.69, 9.17) is 28.7 Å². The monoisotopic (exact) mass is 848 g/mol. The van der Waals surface area contributed by atoms with Crippen LogP contribution in [-0.2, 0) is 25.7 Å².